The molecule has 1 aromatic rings. The lowest BCUT2D eigenvalue weighted by molar-refractivity contribution is 0.552. The average Bonchev–Trinajstić information content (AvgIpc) is 3.02. The van der Waals surface area contributed by atoms with Crippen molar-refractivity contribution in [3.05, 3.63) is 34.4 Å². The lowest BCUT2D eigenvalue weighted by atomic mass is 9.82. The van der Waals surface area contributed by atoms with Gasteiger partial charge in [-0.25, -0.2) is 0 Å². The molecule has 2 rings (SSSR count). The molecule has 1 aliphatic rings. The fourth-order valence-corrected chi connectivity index (χ4v) is 2.84. The van der Waals surface area contributed by atoms with E-state index in [1.165, 1.54) is 35.1 Å². The molecule has 17 heavy (non-hydrogen) atoms. The highest BCUT2D eigenvalue weighted by Gasteiger charge is 2.48. The Hall–Kier alpha value is -0.820. The lowest BCUT2D eigenvalue weighted by Crippen LogP contribution is -2.32. The monoisotopic (exact) mass is 231 g/mol. The second kappa shape index (κ2) is 4.13. The summed E-state index contributed by atoms with van der Waals surface area (Å²) in [6, 6.07) is 5.01. The third-order valence-electron chi connectivity index (χ3n) is 4.55. The van der Waals surface area contributed by atoms with E-state index in [2.05, 4.69) is 46.8 Å². The normalized spacial score (nSPS) is 19.5. The van der Waals surface area contributed by atoms with E-state index in [0.717, 1.165) is 0 Å². The van der Waals surface area contributed by atoms with E-state index < -0.39 is 0 Å². The Bertz CT molecular complexity index is 425. The van der Waals surface area contributed by atoms with Crippen LogP contribution in [-0.4, -0.2) is 6.04 Å². The highest BCUT2D eigenvalue weighted by atomic mass is 14.7. The summed E-state index contributed by atoms with van der Waals surface area (Å²) in [6.45, 7) is 11.2. The minimum atomic E-state index is 0.267. The van der Waals surface area contributed by atoms with Gasteiger partial charge in [-0.3, -0.25) is 0 Å². The van der Waals surface area contributed by atoms with Gasteiger partial charge < -0.3 is 5.73 Å². The van der Waals surface area contributed by atoms with Gasteiger partial charge in [-0.15, -0.1) is 0 Å². The summed E-state index contributed by atoms with van der Waals surface area (Å²) in [5, 5.41) is 0. The number of hydrogen-bond donors (Lipinski definition) is 1. The molecule has 1 fully saturated rings. The predicted octanol–water partition coefficient (Wildman–Crippen LogP) is 3.81. The van der Waals surface area contributed by atoms with Crippen molar-refractivity contribution in [2.45, 2.75) is 64.8 Å². The topological polar surface area (TPSA) is 26.0 Å². The molecule has 0 saturated heterocycles. The van der Waals surface area contributed by atoms with E-state index in [-0.39, 0.29) is 11.5 Å². The summed E-state index contributed by atoms with van der Waals surface area (Å²) in [4.78, 5) is 0. The molecule has 2 N–H and O–H groups in total. The van der Waals surface area contributed by atoms with Crippen molar-refractivity contribution in [3.63, 3.8) is 0 Å². The van der Waals surface area contributed by atoms with Crippen LogP contribution in [0.15, 0.2) is 12.1 Å². The molecular formula is C16H25N. The Balaban J connectivity index is 2.54. The van der Waals surface area contributed by atoms with E-state index >= 15 is 0 Å². The molecular weight excluding hydrogens is 206 g/mol. The summed E-state index contributed by atoms with van der Waals surface area (Å²) < 4.78 is 0. The third kappa shape index (κ3) is 2.01. The van der Waals surface area contributed by atoms with Gasteiger partial charge in [0, 0.05) is 11.5 Å². The van der Waals surface area contributed by atoms with Crippen LogP contribution in [0.4, 0.5) is 0 Å². The summed E-state index contributed by atoms with van der Waals surface area (Å²) in [5.74, 6) is 0.594. The van der Waals surface area contributed by atoms with Crippen molar-refractivity contribution < 1.29 is 0 Å². The Morgan fingerprint density at radius 3 is 2.12 bits per heavy atom. The van der Waals surface area contributed by atoms with E-state index in [9.17, 15) is 0 Å². The molecule has 0 bridgehead atoms. The summed E-state index contributed by atoms with van der Waals surface area (Å²) in [7, 11) is 0. The minimum Gasteiger partial charge on any atom is -0.327 e. The van der Waals surface area contributed by atoms with Crippen LogP contribution in [0.1, 0.15) is 61.8 Å². The van der Waals surface area contributed by atoms with Crippen molar-refractivity contribution in [1.82, 2.24) is 0 Å². The van der Waals surface area contributed by atoms with E-state index in [0.29, 0.717) is 5.92 Å². The first kappa shape index (κ1) is 12.6. The zero-order chi connectivity index (χ0) is 12.8. The maximum absolute atomic E-state index is 6.21. The van der Waals surface area contributed by atoms with Crippen LogP contribution in [-0.2, 0) is 5.41 Å². The summed E-state index contributed by atoms with van der Waals surface area (Å²) in [6.07, 6.45) is 2.51. The standard InChI is InChI=1S/C16H25N/c1-10(2)14-8-11(3)12(4)15(9-14)16(6-7-16)13(5)17/h8-10,13H,6-7,17H2,1-5H3. The highest BCUT2D eigenvalue weighted by Crippen LogP contribution is 2.52. The van der Waals surface area contributed by atoms with Crippen LogP contribution in [0.25, 0.3) is 0 Å². The first-order chi connectivity index (χ1) is 7.88. The van der Waals surface area contributed by atoms with Crippen LogP contribution in [0.2, 0.25) is 0 Å². The molecule has 0 amide bonds. The molecule has 1 unspecified atom stereocenters. The largest absolute Gasteiger partial charge is 0.327 e. The third-order valence-corrected chi connectivity index (χ3v) is 4.55. The van der Waals surface area contributed by atoms with Crippen LogP contribution >= 0.6 is 0 Å². The van der Waals surface area contributed by atoms with Crippen molar-refractivity contribution in [3.8, 4) is 0 Å². The molecule has 0 radical (unpaired) electrons. The molecule has 1 aliphatic carbocycles. The fourth-order valence-electron chi connectivity index (χ4n) is 2.84. The van der Waals surface area contributed by atoms with Gasteiger partial charge in [0.2, 0.25) is 0 Å². The van der Waals surface area contributed by atoms with Gasteiger partial charge in [-0.2, -0.15) is 0 Å². The van der Waals surface area contributed by atoms with Gasteiger partial charge in [-0.05, 0) is 61.8 Å². The molecule has 0 aliphatic heterocycles. The van der Waals surface area contributed by atoms with Crippen molar-refractivity contribution in [2.75, 3.05) is 0 Å². The first-order valence-corrected chi connectivity index (χ1v) is 6.75. The van der Waals surface area contributed by atoms with E-state index in [1.54, 1.807) is 0 Å². The molecule has 0 aromatic heterocycles. The van der Waals surface area contributed by atoms with Crippen molar-refractivity contribution in [1.29, 1.82) is 0 Å². The maximum Gasteiger partial charge on any atom is 0.0108 e. The van der Waals surface area contributed by atoms with Crippen LogP contribution < -0.4 is 5.73 Å². The van der Waals surface area contributed by atoms with Gasteiger partial charge in [0.1, 0.15) is 0 Å². The maximum atomic E-state index is 6.21. The molecule has 1 nitrogen and oxygen atoms in total. The van der Waals surface area contributed by atoms with Crippen LogP contribution in [0.5, 0.6) is 0 Å². The first-order valence-electron chi connectivity index (χ1n) is 6.75. The Morgan fingerprint density at radius 1 is 1.12 bits per heavy atom. The second-order valence-corrected chi connectivity index (χ2v) is 6.11. The summed E-state index contributed by atoms with van der Waals surface area (Å²) >= 11 is 0. The average molecular weight is 231 g/mol. The SMILES string of the molecule is Cc1cc(C(C)C)cc(C2(C(C)N)CC2)c1C. The molecule has 0 heterocycles. The quantitative estimate of drug-likeness (QED) is 0.841. The smallest absolute Gasteiger partial charge is 0.0108 e. The van der Waals surface area contributed by atoms with Crippen molar-refractivity contribution >= 4 is 0 Å². The Labute approximate surface area is 105 Å². The van der Waals surface area contributed by atoms with Crippen LogP contribution in [0.3, 0.4) is 0 Å². The second-order valence-electron chi connectivity index (χ2n) is 6.11. The molecule has 94 valence electrons. The van der Waals surface area contributed by atoms with Gasteiger partial charge >= 0.3 is 0 Å². The molecule has 1 aromatic carbocycles. The Morgan fingerprint density at radius 2 is 1.71 bits per heavy atom. The molecule has 1 atom stereocenters. The zero-order valence-corrected chi connectivity index (χ0v) is 11.8. The zero-order valence-electron chi connectivity index (χ0n) is 11.8. The summed E-state index contributed by atoms with van der Waals surface area (Å²) in [5.41, 5.74) is 12.3. The molecule has 1 saturated carbocycles. The predicted molar refractivity (Wildman–Crippen MR) is 74.6 cm³/mol. The number of nitrogens with two attached hydrogens (primary N) is 1. The van der Waals surface area contributed by atoms with E-state index in [1.807, 2.05) is 0 Å². The number of aryl methyl sites for hydroxylation is 1. The molecule has 0 spiro atoms. The fraction of sp³-hybridized carbons (Fsp3) is 0.625. The van der Waals surface area contributed by atoms with Crippen LogP contribution in [0, 0.1) is 13.8 Å². The number of benzene rings is 1. The van der Waals surface area contributed by atoms with E-state index in [4.69, 9.17) is 5.73 Å². The van der Waals surface area contributed by atoms with Gasteiger partial charge in [0.25, 0.3) is 0 Å². The van der Waals surface area contributed by atoms with Gasteiger partial charge in [0.15, 0.2) is 0 Å². The van der Waals surface area contributed by atoms with Gasteiger partial charge in [0.05, 0.1) is 0 Å². The van der Waals surface area contributed by atoms with Gasteiger partial charge in [-0.1, -0.05) is 26.0 Å². The minimum absolute atomic E-state index is 0.267. The molecule has 1 heteroatoms. The lowest BCUT2D eigenvalue weighted by Gasteiger charge is -2.25. The number of rotatable bonds is 3. The highest BCUT2D eigenvalue weighted by molar-refractivity contribution is 5.46. The Kier molecular flexibility index (Phi) is 3.07. The van der Waals surface area contributed by atoms with Crippen molar-refractivity contribution in [2.24, 2.45) is 5.73 Å². The number of hydrogen-bond acceptors (Lipinski definition) is 1.